The quantitative estimate of drug-likeness (QED) is 0.702. The molecule has 0 atom stereocenters. The van der Waals surface area contributed by atoms with Gasteiger partial charge >= 0.3 is 0 Å². The Labute approximate surface area is 174 Å². The first kappa shape index (κ1) is 21.8. The minimum absolute atomic E-state index is 0.00903. The van der Waals surface area contributed by atoms with Crippen LogP contribution in [0.4, 0.5) is 4.39 Å². The molecule has 2 aromatic rings. The van der Waals surface area contributed by atoms with E-state index in [2.05, 4.69) is 17.2 Å². The van der Waals surface area contributed by atoms with Crippen molar-refractivity contribution >= 4 is 15.9 Å². The molecule has 1 saturated heterocycles. The van der Waals surface area contributed by atoms with Crippen molar-refractivity contribution in [3.63, 3.8) is 0 Å². The molecule has 1 fully saturated rings. The van der Waals surface area contributed by atoms with Crippen LogP contribution in [0.5, 0.6) is 5.75 Å². The number of hydrogen-bond acceptors (Lipinski definition) is 5. The molecule has 1 aliphatic heterocycles. The van der Waals surface area contributed by atoms with Gasteiger partial charge in [0.05, 0.1) is 24.7 Å². The molecule has 0 spiro atoms. The largest absolute Gasteiger partial charge is 0.478 e. The van der Waals surface area contributed by atoms with Crippen LogP contribution < -0.4 is 10.1 Å². The first-order valence-corrected chi connectivity index (χ1v) is 10.7. The monoisotopic (exact) mass is 432 g/mol. The lowest BCUT2D eigenvalue weighted by Crippen LogP contribution is -2.40. The number of benzene rings is 2. The lowest BCUT2D eigenvalue weighted by Gasteiger charge is -2.26. The molecular formula is C21H21FN2O5S. The summed E-state index contributed by atoms with van der Waals surface area (Å²) in [6.07, 6.45) is 0. The Balaban J connectivity index is 1.49. The highest BCUT2D eigenvalue weighted by Gasteiger charge is 2.26. The minimum Gasteiger partial charge on any atom is -0.478 e. The van der Waals surface area contributed by atoms with Gasteiger partial charge in [0, 0.05) is 18.7 Å². The molecule has 1 heterocycles. The zero-order valence-corrected chi connectivity index (χ0v) is 17.0. The molecule has 2 aromatic carbocycles. The third kappa shape index (κ3) is 5.57. The van der Waals surface area contributed by atoms with Crippen molar-refractivity contribution in [1.29, 1.82) is 0 Å². The summed E-state index contributed by atoms with van der Waals surface area (Å²) in [7, 11) is -3.60. The number of sulfonamides is 1. The second kappa shape index (κ2) is 10.2. The number of carbonyl (C=O) groups excluding carboxylic acids is 1. The van der Waals surface area contributed by atoms with Crippen LogP contribution in [0, 0.1) is 17.7 Å². The first-order valence-electron chi connectivity index (χ1n) is 9.28. The van der Waals surface area contributed by atoms with E-state index in [1.807, 2.05) is 0 Å². The molecule has 0 aliphatic carbocycles. The highest BCUT2D eigenvalue weighted by atomic mass is 32.2. The van der Waals surface area contributed by atoms with Crippen LogP contribution in [0.1, 0.15) is 10.4 Å². The summed E-state index contributed by atoms with van der Waals surface area (Å²) >= 11 is 0. The van der Waals surface area contributed by atoms with E-state index in [0.29, 0.717) is 31.9 Å². The summed E-state index contributed by atoms with van der Waals surface area (Å²) in [5.74, 6) is 4.66. The van der Waals surface area contributed by atoms with Crippen molar-refractivity contribution in [3.05, 3.63) is 59.9 Å². The summed E-state index contributed by atoms with van der Waals surface area (Å²) in [5, 5.41) is 2.61. The van der Waals surface area contributed by atoms with E-state index in [0.717, 1.165) is 0 Å². The van der Waals surface area contributed by atoms with E-state index >= 15 is 0 Å². The molecule has 1 aliphatic rings. The number of amides is 1. The van der Waals surface area contributed by atoms with Crippen LogP contribution in [-0.4, -0.2) is 58.1 Å². The molecule has 7 nitrogen and oxygen atoms in total. The Kier molecular flexibility index (Phi) is 7.41. The highest BCUT2D eigenvalue weighted by molar-refractivity contribution is 7.89. The van der Waals surface area contributed by atoms with Gasteiger partial charge in [-0.25, -0.2) is 12.8 Å². The molecule has 3 rings (SSSR count). The van der Waals surface area contributed by atoms with Crippen LogP contribution in [-0.2, 0) is 14.8 Å². The van der Waals surface area contributed by atoms with E-state index in [1.54, 1.807) is 12.1 Å². The number of para-hydroxylation sites is 1. The second-order valence-corrected chi connectivity index (χ2v) is 8.23. The standard InChI is InChI=1S/C21H21FN2O5S/c22-19-5-1-2-6-20(19)29-14-4-3-11-23-21(25)17-7-9-18(10-8-17)30(26,27)24-12-15-28-16-13-24/h1-2,5-10H,11-16H2,(H,23,25). The third-order valence-electron chi connectivity index (χ3n) is 4.32. The molecule has 0 aromatic heterocycles. The Bertz CT molecular complexity index is 1040. The number of nitrogens with zero attached hydrogens (tertiary/aromatic N) is 1. The lowest BCUT2D eigenvalue weighted by molar-refractivity contribution is 0.0730. The number of rotatable bonds is 6. The maximum atomic E-state index is 13.4. The van der Waals surface area contributed by atoms with Crippen molar-refractivity contribution in [2.75, 3.05) is 39.5 Å². The van der Waals surface area contributed by atoms with Crippen molar-refractivity contribution in [2.24, 2.45) is 0 Å². The molecule has 0 unspecified atom stereocenters. The van der Waals surface area contributed by atoms with E-state index in [4.69, 9.17) is 9.47 Å². The minimum atomic E-state index is -3.60. The Hall–Kier alpha value is -2.93. The van der Waals surface area contributed by atoms with E-state index in [-0.39, 0.29) is 29.7 Å². The average Bonchev–Trinajstić information content (AvgIpc) is 2.78. The van der Waals surface area contributed by atoms with Crippen LogP contribution in [0.25, 0.3) is 0 Å². The van der Waals surface area contributed by atoms with Crippen molar-refractivity contribution in [3.8, 4) is 17.6 Å². The van der Waals surface area contributed by atoms with Crippen LogP contribution >= 0.6 is 0 Å². The van der Waals surface area contributed by atoms with Gasteiger partial charge in [0.1, 0.15) is 6.61 Å². The number of halogens is 1. The van der Waals surface area contributed by atoms with Crippen molar-refractivity contribution < 1.29 is 27.1 Å². The van der Waals surface area contributed by atoms with Gasteiger partial charge in [0.2, 0.25) is 10.0 Å². The molecule has 0 radical (unpaired) electrons. The number of nitrogens with one attached hydrogen (secondary N) is 1. The fraction of sp³-hybridized carbons (Fsp3) is 0.286. The molecule has 158 valence electrons. The van der Waals surface area contributed by atoms with E-state index < -0.39 is 15.8 Å². The zero-order chi connectivity index (χ0) is 21.4. The Morgan fingerprint density at radius 3 is 2.50 bits per heavy atom. The Morgan fingerprint density at radius 2 is 1.80 bits per heavy atom. The Morgan fingerprint density at radius 1 is 1.10 bits per heavy atom. The maximum Gasteiger partial charge on any atom is 0.252 e. The topological polar surface area (TPSA) is 84.9 Å². The summed E-state index contributed by atoms with van der Waals surface area (Å²) < 4.78 is 50.3. The van der Waals surface area contributed by atoms with Gasteiger partial charge < -0.3 is 14.8 Å². The predicted octanol–water partition coefficient (Wildman–Crippen LogP) is 1.66. The average molecular weight is 432 g/mol. The van der Waals surface area contributed by atoms with Gasteiger partial charge in [-0.15, -0.1) is 0 Å². The summed E-state index contributed by atoms with van der Waals surface area (Å²) in [6.45, 7) is 1.42. The predicted molar refractivity (Wildman–Crippen MR) is 108 cm³/mol. The number of hydrogen-bond donors (Lipinski definition) is 1. The van der Waals surface area contributed by atoms with Gasteiger partial charge in [0.25, 0.3) is 5.91 Å². The molecule has 0 bridgehead atoms. The van der Waals surface area contributed by atoms with Crippen LogP contribution in [0.15, 0.2) is 53.4 Å². The summed E-state index contributed by atoms with van der Waals surface area (Å²) in [4.78, 5) is 12.3. The lowest BCUT2D eigenvalue weighted by atomic mass is 10.2. The maximum absolute atomic E-state index is 13.4. The number of carbonyl (C=O) groups is 1. The van der Waals surface area contributed by atoms with Gasteiger partial charge in [-0.3, -0.25) is 4.79 Å². The molecular weight excluding hydrogens is 411 g/mol. The SMILES string of the molecule is O=C(NCC#CCOc1ccccc1F)c1ccc(S(=O)(=O)N2CCOCC2)cc1. The van der Waals surface area contributed by atoms with Crippen LogP contribution in [0.3, 0.4) is 0 Å². The fourth-order valence-electron chi connectivity index (χ4n) is 2.73. The van der Waals surface area contributed by atoms with E-state index in [9.17, 15) is 17.6 Å². The zero-order valence-electron chi connectivity index (χ0n) is 16.1. The fourth-order valence-corrected chi connectivity index (χ4v) is 4.14. The van der Waals surface area contributed by atoms with Gasteiger partial charge in [-0.05, 0) is 36.4 Å². The highest BCUT2D eigenvalue weighted by Crippen LogP contribution is 2.18. The molecule has 1 amide bonds. The van der Waals surface area contributed by atoms with Crippen molar-refractivity contribution in [1.82, 2.24) is 9.62 Å². The smallest absolute Gasteiger partial charge is 0.252 e. The third-order valence-corrected chi connectivity index (χ3v) is 6.24. The molecule has 30 heavy (non-hydrogen) atoms. The summed E-state index contributed by atoms with van der Waals surface area (Å²) in [6, 6.07) is 11.7. The first-order chi connectivity index (χ1) is 14.5. The summed E-state index contributed by atoms with van der Waals surface area (Å²) in [5.41, 5.74) is 0.320. The van der Waals surface area contributed by atoms with E-state index in [1.165, 1.54) is 40.7 Å². The number of morpholine rings is 1. The normalized spacial score (nSPS) is 14.4. The van der Waals surface area contributed by atoms with Crippen molar-refractivity contribution in [2.45, 2.75) is 4.90 Å². The molecule has 0 saturated carbocycles. The molecule has 1 N–H and O–H groups in total. The molecule has 9 heteroatoms. The van der Waals surface area contributed by atoms with Gasteiger partial charge in [-0.1, -0.05) is 24.0 Å². The number of ether oxygens (including phenoxy) is 2. The van der Waals surface area contributed by atoms with Crippen LogP contribution in [0.2, 0.25) is 0 Å². The van der Waals surface area contributed by atoms with Gasteiger partial charge in [0.15, 0.2) is 11.6 Å². The second-order valence-electron chi connectivity index (χ2n) is 6.30. The van der Waals surface area contributed by atoms with Gasteiger partial charge in [-0.2, -0.15) is 4.31 Å².